The van der Waals surface area contributed by atoms with E-state index >= 15 is 0 Å². The minimum absolute atomic E-state index is 0.265. The smallest absolute Gasteiger partial charge is 0.278 e. The first-order valence-electron chi connectivity index (χ1n) is 7.08. The summed E-state index contributed by atoms with van der Waals surface area (Å²) in [7, 11) is 0. The molecule has 0 bridgehead atoms. The second-order valence-corrected chi connectivity index (χ2v) is 6.23. The van der Waals surface area contributed by atoms with Crippen molar-refractivity contribution in [3.05, 3.63) is 58.9 Å². The van der Waals surface area contributed by atoms with E-state index in [1.807, 2.05) is 43.3 Å². The Labute approximate surface area is 132 Å². The first kappa shape index (κ1) is 14.5. The minimum atomic E-state index is -0.265. The number of anilines is 1. The Morgan fingerprint density at radius 1 is 1.23 bits per heavy atom. The number of aryl methyl sites for hydroxylation is 2. The molecular formula is C17H16N2O2S. The second kappa shape index (κ2) is 6.15. The number of carbonyl (C=O) groups is 1. The molecule has 112 valence electrons. The normalized spacial score (nSPS) is 10.6. The average Bonchev–Trinajstić information content (AvgIpc) is 3.16. The molecule has 0 aliphatic carbocycles. The van der Waals surface area contributed by atoms with Gasteiger partial charge in [-0.1, -0.05) is 19.1 Å². The molecule has 0 saturated carbocycles. The first-order chi connectivity index (χ1) is 10.7. The fraction of sp³-hybridized carbons (Fsp3) is 0.176. The molecule has 0 spiro atoms. The van der Waals surface area contributed by atoms with E-state index in [4.69, 9.17) is 4.42 Å². The molecule has 3 aromatic rings. The van der Waals surface area contributed by atoms with Gasteiger partial charge in [-0.05, 0) is 43.2 Å². The predicted molar refractivity (Wildman–Crippen MR) is 88.3 cm³/mol. The third-order valence-corrected chi connectivity index (χ3v) is 4.37. The lowest BCUT2D eigenvalue weighted by molar-refractivity contribution is 0.102. The summed E-state index contributed by atoms with van der Waals surface area (Å²) in [4.78, 5) is 18.5. The molecule has 0 atom stereocenters. The van der Waals surface area contributed by atoms with Crippen LogP contribution in [-0.4, -0.2) is 10.9 Å². The Morgan fingerprint density at radius 3 is 2.64 bits per heavy atom. The van der Waals surface area contributed by atoms with E-state index in [2.05, 4.69) is 17.2 Å². The summed E-state index contributed by atoms with van der Waals surface area (Å²) in [6, 6.07) is 11.7. The number of hydrogen-bond donors (Lipinski definition) is 1. The van der Waals surface area contributed by atoms with Crippen LogP contribution < -0.4 is 5.32 Å². The van der Waals surface area contributed by atoms with Crippen LogP contribution in [0.4, 0.5) is 5.69 Å². The summed E-state index contributed by atoms with van der Waals surface area (Å²) in [5.41, 5.74) is 2.29. The standard InChI is InChI=1S/C17H16N2O2S/c1-3-12-5-7-13(8-6-12)19-17(20)15-16(21-10-18-15)14-9-4-11(2)22-14/h4-10H,3H2,1-2H3,(H,19,20). The number of thiophene rings is 1. The van der Waals surface area contributed by atoms with Crippen LogP contribution in [0.25, 0.3) is 10.6 Å². The maximum atomic E-state index is 12.4. The van der Waals surface area contributed by atoms with E-state index in [-0.39, 0.29) is 5.91 Å². The number of rotatable bonds is 4. The lowest BCUT2D eigenvalue weighted by Crippen LogP contribution is -2.13. The van der Waals surface area contributed by atoms with Crippen molar-refractivity contribution in [1.82, 2.24) is 4.98 Å². The van der Waals surface area contributed by atoms with Crippen molar-refractivity contribution in [2.75, 3.05) is 5.32 Å². The van der Waals surface area contributed by atoms with Crippen LogP contribution in [0.2, 0.25) is 0 Å². The number of nitrogens with one attached hydrogen (secondary N) is 1. The molecule has 3 rings (SSSR count). The Balaban J connectivity index is 1.82. The van der Waals surface area contributed by atoms with Crippen LogP contribution >= 0.6 is 11.3 Å². The quantitative estimate of drug-likeness (QED) is 0.770. The van der Waals surface area contributed by atoms with Crippen LogP contribution in [0.3, 0.4) is 0 Å². The molecular weight excluding hydrogens is 296 g/mol. The number of aromatic nitrogens is 1. The van der Waals surface area contributed by atoms with Gasteiger partial charge in [0.2, 0.25) is 0 Å². The van der Waals surface area contributed by atoms with E-state index < -0.39 is 0 Å². The van der Waals surface area contributed by atoms with Gasteiger partial charge in [-0.15, -0.1) is 11.3 Å². The molecule has 0 aliphatic rings. The molecule has 4 nitrogen and oxygen atoms in total. The zero-order valence-electron chi connectivity index (χ0n) is 12.4. The topological polar surface area (TPSA) is 55.1 Å². The number of oxazole rings is 1. The van der Waals surface area contributed by atoms with Gasteiger partial charge < -0.3 is 9.73 Å². The van der Waals surface area contributed by atoms with Gasteiger partial charge in [0.25, 0.3) is 5.91 Å². The summed E-state index contributed by atoms with van der Waals surface area (Å²) in [5, 5.41) is 2.86. The van der Waals surface area contributed by atoms with Crippen LogP contribution in [0.15, 0.2) is 47.2 Å². The SMILES string of the molecule is CCc1ccc(NC(=O)c2ncoc2-c2ccc(C)s2)cc1. The van der Waals surface area contributed by atoms with Gasteiger partial charge in [0.15, 0.2) is 17.8 Å². The monoisotopic (exact) mass is 312 g/mol. The van der Waals surface area contributed by atoms with Crippen LogP contribution in [0.5, 0.6) is 0 Å². The number of carbonyl (C=O) groups excluding carboxylic acids is 1. The molecule has 5 heteroatoms. The van der Waals surface area contributed by atoms with Crippen molar-refractivity contribution >= 4 is 22.9 Å². The molecule has 1 aromatic carbocycles. The zero-order chi connectivity index (χ0) is 15.5. The average molecular weight is 312 g/mol. The number of nitrogens with zero attached hydrogens (tertiary/aromatic N) is 1. The van der Waals surface area contributed by atoms with Crippen molar-refractivity contribution in [2.24, 2.45) is 0 Å². The number of benzene rings is 1. The van der Waals surface area contributed by atoms with Crippen LogP contribution in [0.1, 0.15) is 27.9 Å². The van der Waals surface area contributed by atoms with E-state index in [0.717, 1.165) is 21.9 Å². The fourth-order valence-electron chi connectivity index (χ4n) is 2.15. The first-order valence-corrected chi connectivity index (χ1v) is 7.89. The van der Waals surface area contributed by atoms with E-state index in [1.54, 1.807) is 11.3 Å². The van der Waals surface area contributed by atoms with Gasteiger partial charge in [0.05, 0.1) is 4.88 Å². The lowest BCUT2D eigenvalue weighted by atomic mass is 10.1. The largest absolute Gasteiger partial charge is 0.442 e. The summed E-state index contributed by atoms with van der Waals surface area (Å²) in [6.45, 7) is 4.11. The third-order valence-electron chi connectivity index (χ3n) is 3.37. The Hall–Kier alpha value is -2.40. The highest BCUT2D eigenvalue weighted by molar-refractivity contribution is 7.15. The van der Waals surface area contributed by atoms with Gasteiger partial charge in [-0.3, -0.25) is 4.79 Å². The molecule has 0 radical (unpaired) electrons. The highest BCUT2D eigenvalue weighted by Crippen LogP contribution is 2.30. The van der Waals surface area contributed by atoms with Gasteiger partial charge >= 0.3 is 0 Å². The van der Waals surface area contributed by atoms with Gasteiger partial charge in [-0.25, -0.2) is 4.98 Å². The maximum absolute atomic E-state index is 12.4. The molecule has 0 fully saturated rings. The summed E-state index contributed by atoms with van der Waals surface area (Å²) < 4.78 is 5.40. The Morgan fingerprint density at radius 2 is 2.00 bits per heavy atom. The van der Waals surface area contributed by atoms with E-state index in [1.165, 1.54) is 12.0 Å². The Kier molecular flexibility index (Phi) is 4.06. The van der Waals surface area contributed by atoms with Crippen molar-refractivity contribution in [1.29, 1.82) is 0 Å². The molecule has 1 amide bonds. The van der Waals surface area contributed by atoms with Gasteiger partial charge in [0.1, 0.15) is 0 Å². The van der Waals surface area contributed by atoms with Gasteiger partial charge in [0, 0.05) is 10.6 Å². The number of amides is 1. The lowest BCUT2D eigenvalue weighted by Gasteiger charge is -2.05. The predicted octanol–water partition coefficient (Wildman–Crippen LogP) is 4.53. The zero-order valence-corrected chi connectivity index (χ0v) is 13.2. The second-order valence-electron chi connectivity index (χ2n) is 4.94. The van der Waals surface area contributed by atoms with Crippen molar-refractivity contribution in [2.45, 2.75) is 20.3 Å². The van der Waals surface area contributed by atoms with Crippen molar-refractivity contribution in [3.63, 3.8) is 0 Å². The summed E-state index contributed by atoms with van der Waals surface area (Å²) in [5.74, 6) is 0.250. The molecule has 0 unspecified atom stereocenters. The molecule has 0 saturated heterocycles. The van der Waals surface area contributed by atoms with Crippen molar-refractivity contribution < 1.29 is 9.21 Å². The van der Waals surface area contributed by atoms with Gasteiger partial charge in [-0.2, -0.15) is 0 Å². The molecule has 1 N–H and O–H groups in total. The van der Waals surface area contributed by atoms with Crippen molar-refractivity contribution in [3.8, 4) is 10.6 Å². The van der Waals surface area contributed by atoms with Crippen LogP contribution in [0, 0.1) is 6.92 Å². The highest BCUT2D eigenvalue weighted by Gasteiger charge is 2.19. The highest BCUT2D eigenvalue weighted by atomic mass is 32.1. The van der Waals surface area contributed by atoms with E-state index in [9.17, 15) is 4.79 Å². The molecule has 22 heavy (non-hydrogen) atoms. The maximum Gasteiger partial charge on any atom is 0.278 e. The third kappa shape index (κ3) is 2.94. The van der Waals surface area contributed by atoms with E-state index in [0.29, 0.717) is 11.5 Å². The summed E-state index contributed by atoms with van der Waals surface area (Å²) >= 11 is 1.57. The molecule has 2 aromatic heterocycles. The summed E-state index contributed by atoms with van der Waals surface area (Å²) in [6.07, 6.45) is 2.28. The van der Waals surface area contributed by atoms with Crippen LogP contribution in [-0.2, 0) is 6.42 Å². The molecule has 0 aliphatic heterocycles. The Bertz CT molecular complexity index is 787. The number of hydrogen-bond acceptors (Lipinski definition) is 4. The minimum Gasteiger partial charge on any atom is -0.442 e. The molecule has 2 heterocycles. The fourth-order valence-corrected chi connectivity index (χ4v) is 3.01.